The molecule has 1 heterocycles. The van der Waals surface area contributed by atoms with Crippen LogP contribution in [0, 0.1) is 12.7 Å². The van der Waals surface area contributed by atoms with Crippen LogP contribution in [0.4, 0.5) is 4.39 Å². The lowest BCUT2D eigenvalue weighted by Crippen LogP contribution is -2.17. The van der Waals surface area contributed by atoms with Gasteiger partial charge in [0.15, 0.2) is 0 Å². The van der Waals surface area contributed by atoms with Crippen molar-refractivity contribution in [3.05, 3.63) is 106 Å². The molecule has 3 aromatic carbocycles. The maximum Gasteiger partial charge on any atom is 0.271 e. The summed E-state index contributed by atoms with van der Waals surface area (Å²) in [4.78, 5) is 12.5. The predicted octanol–water partition coefficient (Wildman–Crippen LogP) is 5.71. The molecule has 36 heavy (non-hydrogen) atoms. The van der Waals surface area contributed by atoms with Gasteiger partial charge in [0, 0.05) is 5.56 Å². The Hall–Kier alpha value is -4.17. The van der Waals surface area contributed by atoms with E-state index < -0.39 is 0 Å². The zero-order valence-electron chi connectivity index (χ0n) is 19.7. The maximum atomic E-state index is 13.2. The van der Waals surface area contributed by atoms with Gasteiger partial charge in [-0.1, -0.05) is 23.7 Å². The van der Waals surface area contributed by atoms with Gasteiger partial charge in [0.1, 0.15) is 29.1 Å². The Kier molecular flexibility index (Phi) is 7.97. The van der Waals surface area contributed by atoms with Gasteiger partial charge >= 0.3 is 0 Å². The number of hydrazone groups is 1. The van der Waals surface area contributed by atoms with Gasteiger partial charge < -0.3 is 9.47 Å². The normalized spacial score (nSPS) is 11.0. The molecule has 1 aromatic heterocycles. The number of aromatic nitrogens is 2. The Labute approximate surface area is 213 Å². The van der Waals surface area contributed by atoms with Gasteiger partial charge in [-0.3, -0.25) is 4.79 Å². The fraction of sp³-hybridized carbons (Fsp3) is 0.148. The minimum atomic E-state index is -0.370. The zero-order valence-corrected chi connectivity index (χ0v) is 20.5. The number of hydrogen-bond donors (Lipinski definition) is 1. The minimum absolute atomic E-state index is 0.300. The van der Waals surface area contributed by atoms with E-state index in [1.165, 1.54) is 23.0 Å². The Morgan fingerprint density at radius 3 is 2.31 bits per heavy atom. The van der Waals surface area contributed by atoms with Crippen LogP contribution in [0.1, 0.15) is 34.1 Å². The zero-order chi connectivity index (χ0) is 25.5. The Morgan fingerprint density at radius 1 is 1.03 bits per heavy atom. The highest BCUT2D eigenvalue weighted by molar-refractivity contribution is 6.32. The fourth-order valence-electron chi connectivity index (χ4n) is 3.35. The summed E-state index contributed by atoms with van der Waals surface area (Å²) in [7, 11) is 0. The molecule has 0 fully saturated rings. The quantitative estimate of drug-likeness (QED) is 0.233. The summed E-state index contributed by atoms with van der Waals surface area (Å²) in [5.74, 6) is 0.801. The molecule has 4 rings (SSSR count). The molecule has 0 bridgehead atoms. The molecule has 9 heteroatoms. The van der Waals surface area contributed by atoms with Gasteiger partial charge in [-0.25, -0.2) is 14.5 Å². The molecule has 1 N–H and O–H groups in total. The van der Waals surface area contributed by atoms with Gasteiger partial charge in [-0.2, -0.15) is 10.2 Å². The van der Waals surface area contributed by atoms with Gasteiger partial charge in [0.05, 0.1) is 29.8 Å². The maximum absolute atomic E-state index is 13.2. The molecular formula is C27H24ClFN4O3. The summed E-state index contributed by atoms with van der Waals surface area (Å²) in [6.07, 6.45) is 1.43. The largest absolute Gasteiger partial charge is 0.494 e. The highest BCUT2D eigenvalue weighted by Gasteiger charge is 2.13. The number of ether oxygens (including phenoxy) is 2. The molecule has 0 spiro atoms. The summed E-state index contributed by atoms with van der Waals surface area (Å²) >= 11 is 6.43. The fourth-order valence-corrected chi connectivity index (χ4v) is 3.67. The molecule has 0 radical (unpaired) electrons. The molecule has 0 aliphatic heterocycles. The van der Waals surface area contributed by atoms with E-state index in [0.29, 0.717) is 40.9 Å². The van der Waals surface area contributed by atoms with E-state index >= 15 is 0 Å². The van der Waals surface area contributed by atoms with Crippen molar-refractivity contribution in [1.29, 1.82) is 0 Å². The molecule has 0 atom stereocenters. The van der Waals surface area contributed by atoms with Crippen LogP contribution in [0.3, 0.4) is 0 Å². The lowest BCUT2D eigenvalue weighted by molar-refractivity contribution is 0.0955. The smallest absolute Gasteiger partial charge is 0.271 e. The summed E-state index contributed by atoms with van der Waals surface area (Å²) in [5.41, 5.74) is 5.62. The van der Waals surface area contributed by atoms with Gasteiger partial charge in [0.25, 0.3) is 5.91 Å². The van der Waals surface area contributed by atoms with E-state index in [-0.39, 0.29) is 11.7 Å². The number of nitrogens with one attached hydrogen (secondary N) is 1. The van der Waals surface area contributed by atoms with Crippen molar-refractivity contribution in [2.75, 3.05) is 6.61 Å². The molecule has 0 unspecified atom stereocenters. The molecule has 0 aliphatic rings. The van der Waals surface area contributed by atoms with Crippen LogP contribution < -0.4 is 14.9 Å². The predicted molar refractivity (Wildman–Crippen MR) is 137 cm³/mol. The van der Waals surface area contributed by atoms with E-state index in [2.05, 4.69) is 15.6 Å². The van der Waals surface area contributed by atoms with E-state index in [1.54, 1.807) is 31.2 Å². The van der Waals surface area contributed by atoms with Crippen molar-refractivity contribution in [3.63, 3.8) is 0 Å². The number of nitrogens with zero attached hydrogens (tertiary/aromatic N) is 3. The first-order valence-electron chi connectivity index (χ1n) is 11.2. The third kappa shape index (κ3) is 6.09. The van der Waals surface area contributed by atoms with Crippen molar-refractivity contribution in [2.45, 2.75) is 20.5 Å². The number of carbonyl (C=O) groups is 1. The lowest BCUT2D eigenvalue weighted by atomic mass is 10.1. The van der Waals surface area contributed by atoms with Crippen LogP contribution in [-0.2, 0) is 6.61 Å². The molecule has 0 aliphatic carbocycles. The second-order valence-corrected chi connectivity index (χ2v) is 8.13. The second kappa shape index (κ2) is 11.5. The first kappa shape index (κ1) is 24.9. The van der Waals surface area contributed by atoms with Crippen molar-refractivity contribution in [2.24, 2.45) is 5.10 Å². The molecular weight excluding hydrogens is 483 g/mol. The van der Waals surface area contributed by atoms with Gasteiger partial charge in [0.2, 0.25) is 0 Å². The molecule has 0 saturated carbocycles. The highest BCUT2D eigenvalue weighted by Crippen LogP contribution is 2.22. The highest BCUT2D eigenvalue weighted by atomic mass is 35.5. The molecule has 184 valence electrons. The lowest BCUT2D eigenvalue weighted by Gasteiger charge is -2.08. The number of benzene rings is 3. The summed E-state index contributed by atoms with van der Waals surface area (Å²) in [5, 5.41) is 8.69. The van der Waals surface area contributed by atoms with Crippen LogP contribution in [0.15, 0.2) is 77.9 Å². The Morgan fingerprint density at radius 2 is 1.67 bits per heavy atom. The first-order chi connectivity index (χ1) is 17.4. The Balaban J connectivity index is 1.33. The van der Waals surface area contributed by atoms with Crippen molar-refractivity contribution in [3.8, 4) is 17.2 Å². The number of aryl methyl sites for hydroxylation is 1. The topological polar surface area (TPSA) is 77.7 Å². The Bertz CT molecular complexity index is 1350. The van der Waals surface area contributed by atoms with Crippen LogP contribution in [0.2, 0.25) is 5.15 Å². The van der Waals surface area contributed by atoms with Crippen molar-refractivity contribution >= 4 is 23.7 Å². The van der Waals surface area contributed by atoms with Gasteiger partial charge in [-0.05, 0) is 80.1 Å². The summed E-state index contributed by atoms with van der Waals surface area (Å²) < 4.78 is 25.9. The minimum Gasteiger partial charge on any atom is -0.494 e. The number of halogens is 2. The standard InChI is InChI=1S/C27H24ClFN4O3/c1-3-35-23-12-14-24(15-13-23)36-17-19-4-6-20(7-5-19)27(34)31-30-16-25-18(2)32-33(26(25)28)22-10-8-21(29)9-11-22/h4-16H,3,17H2,1-2H3,(H,31,34)/b30-16-. The van der Waals surface area contributed by atoms with Crippen molar-refractivity contribution in [1.82, 2.24) is 15.2 Å². The van der Waals surface area contributed by atoms with Crippen LogP contribution >= 0.6 is 11.6 Å². The number of rotatable bonds is 9. The molecule has 7 nitrogen and oxygen atoms in total. The van der Waals surface area contributed by atoms with Crippen LogP contribution in [0.25, 0.3) is 5.69 Å². The van der Waals surface area contributed by atoms with Crippen LogP contribution in [-0.4, -0.2) is 28.5 Å². The third-order valence-electron chi connectivity index (χ3n) is 5.24. The van der Waals surface area contributed by atoms with E-state index in [9.17, 15) is 9.18 Å². The molecule has 4 aromatic rings. The SMILES string of the molecule is CCOc1ccc(OCc2ccc(C(=O)N/N=C\c3c(C)nn(-c4ccc(F)cc4)c3Cl)cc2)cc1. The van der Waals surface area contributed by atoms with Gasteiger partial charge in [-0.15, -0.1) is 0 Å². The molecule has 1 amide bonds. The third-order valence-corrected chi connectivity index (χ3v) is 5.60. The van der Waals surface area contributed by atoms with Crippen molar-refractivity contribution < 1.29 is 18.7 Å². The summed E-state index contributed by atoms with van der Waals surface area (Å²) in [6, 6.07) is 20.3. The first-order valence-corrected chi connectivity index (χ1v) is 11.6. The number of amides is 1. The average molecular weight is 507 g/mol. The monoisotopic (exact) mass is 506 g/mol. The van der Waals surface area contributed by atoms with Crippen LogP contribution in [0.5, 0.6) is 11.5 Å². The van der Waals surface area contributed by atoms with E-state index in [4.69, 9.17) is 21.1 Å². The summed E-state index contributed by atoms with van der Waals surface area (Å²) in [6.45, 7) is 4.68. The number of carbonyl (C=O) groups excluding carboxylic acids is 1. The van der Waals surface area contributed by atoms with E-state index in [0.717, 1.165) is 17.1 Å². The average Bonchev–Trinajstić information content (AvgIpc) is 3.17. The second-order valence-electron chi connectivity index (χ2n) is 7.77. The van der Waals surface area contributed by atoms with E-state index in [1.807, 2.05) is 43.3 Å². The number of hydrogen-bond acceptors (Lipinski definition) is 5. The molecule has 0 saturated heterocycles.